The lowest BCUT2D eigenvalue weighted by atomic mass is 10.2. The number of hydrogen-bond acceptors (Lipinski definition) is 5. The molecule has 0 radical (unpaired) electrons. The summed E-state index contributed by atoms with van der Waals surface area (Å²) in [5, 5.41) is 2.97. The second-order valence-electron chi connectivity index (χ2n) is 8.23. The molecule has 0 aliphatic carbocycles. The number of nitrogens with one attached hydrogen (secondary N) is 1. The molecule has 2 amide bonds. The van der Waals surface area contributed by atoms with Gasteiger partial charge in [0, 0.05) is 57.5 Å². The number of pyridine rings is 2. The van der Waals surface area contributed by atoms with E-state index in [2.05, 4.69) is 15.3 Å². The number of aryl methyl sites for hydroxylation is 1. The van der Waals surface area contributed by atoms with Crippen LogP contribution in [0.2, 0.25) is 0 Å². The number of carbonyl (C=O) groups is 2. The van der Waals surface area contributed by atoms with Gasteiger partial charge in [-0.05, 0) is 48.4 Å². The molecule has 0 saturated carbocycles. The Kier molecular flexibility index (Phi) is 6.58. The second-order valence-corrected chi connectivity index (χ2v) is 8.23. The Labute approximate surface area is 198 Å². The van der Waals surface area contributed by atoms with E-state index in [1.54, 1.807) is 59.2 Å². The number of nitrogens with zero attached hydrogens (tertiary/aromatic N) is 5. The molecule has 0 aliphatic heterocycles. The summed E-state index contributed by atoms with van der Waals surface area (Å²) in [7, 11) is 5.70. The molecule has 8 nitrogen and oxygen atoms in total. The van der Waals surface area contributed by atoms with Crippen LogP contribution in [0.3, 0.4) is 0 Å². The van der Waals surface area contributed by atoms with E-state index in [9.17, 15) is 9.59 Å². The highest BCUT2D eigenvalue weighted by molar-refractivity contribution is 6.05. The van der Waals surface area contributed by atoms with Crippen molar-refractivity contribution in [1.29, 1.82) is 0 Å². The zero-order chi connectivity index (χ0) is 24.2. The van der Waals surface area contributed by atoms with Gasteiger partial charge in [-0.3, -0.25) is 23.9 Å². The van der Waals surface area contributed by atoms with E-state index in [4.69, 9.17) is 0 Å². The number of rotatable bonds is 7. The van der Waals surface area contributed by atoms with Gasteiger partial charge in [-0.1, -0.05) is 19.1 Å². The Bertz CT molecular complexity index is 1310. The smallest absolute Gasteiger partial charge is 0.259 e. The number of carbonyl (C=O) groups excluding carboxylic acids is 2. The van der Waals surface area contributed by atoms with Gasteiger partial charge < -0.3 is 10.2 Å². The van der Waals surface area contributed by atoms with Gasteiger partial charge in [0.1, 0.15) is 11.5 Å². The quantitative estimate of drug-likeness (QED) is 0.460. The molecule has 0 fully saturated rings. The van der Waals surface area contributed by atoms with Crippen LogP contribution in [0.1, 0.15) is 38.9 Å². The predicted octanol–water partition coefficient (Wildman–Crippen LogP) is 3.56. The Hall–Kier alpha value is -4.20. The standard InChI is InChI=1S/C26H28N6O2/c1-5-22-25(31(4)26(34)19-12-14-27-15-13-19)32-17-20(8-11-23(32)29-22)24(33)28-16-18-6-9-21(10-7-18)30(2)3/h6-15,17H,5,16H2,1-4H3,(H,28,33). The Morgan fingerprint density at radius 2 is 1.65 bits per heavy atom. The van der Waals surface area contributed by atoms with E-state index < -0.39 is 0 Å². The van der Waals surface area contributed by atoms with Gasteiger partial charge in [0.25, 0.3) is 11.8 Å². The summed E-state index contributed by atoms with van der Waals surface area (Å²) in [5.74, 6) is 0.280. The van der Waals surface area contributed by atoms with Crippen molar-refractivity contribution in [3.05, 3.63) is 89.5 Å². The van der Waals surface area contributed by atoms with Crippen LogP contribution in [-0.2, 0) is 13.0 Å². The average Bonchev–Trinajstić information content (AvgIpc) is 3.25. The van der Waals surface area contributed by atoms with Crippen molar-refractivity contribution in [3.8, 4) is 0 Å². The molecule has 1 aromatic carbocycles. The molecule has 0 unspecified atom stereocenters. The molecule has 174 valence electrons. The summed E-state index contributed by atoms with van der Waals surface area (Å²) in [6, 6.07) is 14.9. The summed E-state index contributed by atoms with van der Waals surface area (Å²) < 4.78 is 1.80. The molecule has 0 bridgehead atoms. The van der Waals surface area contributed by atoms with E-state index >= 15 is 0 Å². The maximum Gasteiger partial charge on any atom is 0.259 e. The average molecular weight is 457 g/mol. The fourth-order valence-corrected chi connectivity index (χ4v) is 3.79. The van der Waals surface area contributed by atoms with E-state index in [0.29, 0.717) is 35.6 Å². The van der Waals surface area contributed by atoms with E-state index in [1.807, 2.05) is 50.2 Å². The first kappa shape index (κ1) is 23.0. The molecule has 8 heteroatoms. The zero-order valence-electron chi connectivity index (χ0n) is 19.8. The number of amides is 2. The molecule has 3 aromatic heterocycles. The first-order valence-corrected chi connectivity index (χ1v) is 11.1. The minimum absolute atomic E-state index is 0.171. The number of hydrogen-bond donors (Lipinski definition) is 1. The fourth-order valence-electron chi connectivity index (χ4n) is 3.79. The highest BCUT2D eigenvalue weighted by Gasteiger charge is 2.22. The normalized spacial score (nSPS) is 10.8. The lowest BCUT2D eigenvalue weighted by molar-refractivity contribution is 0.0949. The minimum Gasteiger partial charge on any atom is -0.378 e. The highest BCUT2D eigenvalue weighted by Crippen LogP contribution is 2.24. The summed E-state index contributed by atoms with van der Waals surface area (Å²) in [6.07, 6.45) is 5.56. The van der Waals surface area contributed by atoms with Gasteiger partial charge in [-0.15, -0.1) is 0 Å². The third kappa shape index (κ3) is 4.61. The van der Waals surface area contributed by atoms with E-state index in [-0.39, 0.29) is 11.8 Å². The molecule has 4 rings (SSSR count). The number of anilines is 2. The number of benzene rings is 1. The molecular formula is C26H28N6O2. The number of imidazole rings is 1. The SMILES string of the molecule is CCc1nc2ccc(C(=O)NCc3ccc(N(C)C)cc3)cn2c1N(C)C(=O)c1ccncc1. The third-order valence-corrected chi connectivity index (χ3v) is 5.72. The minimum atomic E-state index is -0.195. The van der Waals surface area contributed by atoms with Gasteiger partial charge in [0.15, 0.2) is 0 Å². The van der Waals surface area contributed by atoms with Crippen LogP contribution in [0.15, 0.2) is 67.1 Å². The van der Waals surface area contributed by atoms with Crippen molar-refractivity contribution in [2.24, 2.45) is 0 Å². The van der Waals surface area contributed by atoms with Crippen LogP contribution in [0, 0.1) is 0 Å². The van der Waals surface area contributed by atoms with Crippen molar-refractivity contribution in [2.45, 2.75) is 19.9 Å². The van der Waals surface area contributed by atoms with Gasteiger partial charge in [-0.25, -0.2) is 4.98 Å². The lowest BCUT2D eigenvalue weighted by Gasteiger charge is -2.18. The monoisotopic (exact) mass is 456 g/mol. The third-order valence-electron chi connectivity index (χ3n) is 5.72. The molecule has 1 N–H and O–H groups in total. The number of aromatic nitrogens is 3. The molecule has 4 aromatic rings. The van der Waals surface area contributed by atoms with Gasteiger partial charge in [-0.2, -0.15) is 0 Å². The predicted molar refractivity (Wildman–Crippen MR) is 133 cm³/mol. The molecule has 3 heterocycles. The van der Waals surface area contributed by atoms with E-state index in [0.717, 1.165) is 16.9 Å². The van der Waals surface area contributed by atoms with Crippen LogP contribution in [0.4, 0.5) is 11.5 Å². The summed E-state index contributed by atoms with van der Waals surface area (Å²) in [6.45, 7) is 2.41. The molecular weight excluding hydrogens is 428 g/mol. The lowest BCUT2D eigenvalue weighted by Crippen LogP contribution is -2.28. The van der Waals surface area contributed by atoms with Gasteiger partial charge >= 0.3 is 0 Å². The highest BCUT2D eigenvalue weighted by atomic mass is 16.2. The largest absolute Gasteiger partial charge is 0.378 e. The Morgan fingerprint density at radius 3 is 2.29 bits per heavy atom. The number of fused-ring (bicyclic) bond motifs is 1. The molecule has 0 spiro atoms. The van der Waals surface area contributed by atoms with Crippen molar-refractivity contribution < 1.29 is 9.59 Å². The Balaban J connectivity index is 1.59. The second kappa shape index (κ2) is 9.74. The Morgan fingerprint density at radius 1 is 0.941 bits per heavy atom. The van der Waals surface area contributed by atoms with Crippen LogP contribution >= 0.6 is 0 Å². The maximum absolute atomic E-state index is 13.1. The van der Waals surface area contributed by atoms with Crippen LogP contribution in [0.5, 0.6) is 0 Å². The molecule has 0 saturated heterocycles. The van der Waals surface area contributed by atoms with Gasteiger partial charge in [0.05, 0.1) is 11.3 Å². The van der Waals surface area contributed by atoms with Crippen LogP contribution in [0.25, 0.3) is 5.65 Å². The first-order valence-electron chi connectivity index (χ1n) is 11.1. The van der Waals surface area contributed by atoms with E-state index in [1.165, 1.54) is 0 Å². The van der Waals surface area contributed by atoms with Crippen molar-refractivity contribution in [2.75, 3.05) is 30.9 Å². The van der Waals surface area contributed by atoms with Crippen LogP contribution < -0.4 is 15.1 Å². The maximum atomic E-state index is 13.1. The van der Waals surface area contributed by atoms with Gasteiger partial charge in [0.2, 0.25) is 0 Å². The molecule has 34 heavy (non-hydrogen) atoms. The molecule has 0 aliphatic rings. The van der Waals surface area contributed by atoms with Crippen molar-refractivity contribution in [1.82, 2.24) is 19.7 Å². The van der Waals surface area contributed by atoms with Crippen LogP contribution in [-0.4, -0.2) is 47.3 Å². The zero-order valence-corrected chi connectivity index (χ0v) is 19.8. The fraction of sp³-hybridized carbons (Fsp3) is 0.231. The topological polar surface area (TPSA) is 82.8 Å². The first-order chi connectivity index (χ1) is 16.4. The summed E-state index contributed by atoms with van der Waals surface area (Å²) in [4.78, 5) is 38.2. The summed E-state index contributed by atoms with van der Waals surface area (Å²) in [5.41, 5.74) is 4.59. The molecule has 0 atom stereocenters. The van der Waals surface area contributed by atoms with Crippen molar-refractivity contribution >= 4 is 29.0 Å². The summed E-state index contributed by atoms with van der Waals surface area (Å²) >= 11 is 0. The van der Waals surface area contributed by atoms with Crippen molar-refractivity contribution in [3.63, 3.8) is 0 Å².